The predicted octanol–water partition coefficient (Wildman–Crippen LogP) is 4.69. The Bertz CT molecular complexity index is 1240. The van der Waals surface area contributed by atoms with E-state index in [1.54, 1.807) is 36.1 Å². The number of rotatable bonds is 5. The molecule has 2 aromatic rings. The third-order valence-corrected chi connectivity index (χ3v) is 10.7. The molecule has 5 rings (SSSR count). The first-order chi connectivity index (χ1) is 17.7. The summed E-state index contributed by atoms with van der Waals surface area (Å²) in [6, 6.07) is 10.9. The average Bonchev–Trinajstić information content (AvgIpc) is 3.43. The summed E-state index contributed by atoms with van der Waals surface area (Å²) in [5.41, 5.74) is -0.454. The highest BCUT2D eigenvalue weighted by molar-refractivity contribution is 7.89. The van der Waals surface area contributed by atoms with Crippen LogP contribution in [0, 0.1) is 11.6 Å². The van der Waals surface area contributed by atoms with Crippen LogP contribution < -0.4 is 0 Å². The Morgan fingerprint density at radius 2 is 1.70 bits per heavy atom. The molecule has 0 bridgehead atoms. The normalized spacial score (nSPS) is 25.8. The van der Waals surface area contributed by atoms with E-state index < -0.39 is 32.3 Å². The summed E-state index contributed by atoms with van der Waals surface area (Å²) in [4.78, 5) is 15.3. The molecule has 200 valence electrons. The second kappa shape index (κ2) is 10.4. The van der Waals surface area contributed by atoms with E-state index in [4.69, 9.17) is 4.74 Å². The minimum absolute atomic E-state index is 0.0267. The Morgan fingerprint density at radius 3 is 2.38 bits per heavy atom. The highest BCUT2D eigenvalue weighted by Crippen LogP contribution is 2.41. The lowest BCUT2D eigenvalue weighted by Crippen LogP contribution is -2.49. The summed E-state index contributed by atoms with van der Waals surface area (Å²) in [5.74, 6) is -1.54. The van der Waals surface area contributed by atoms with Crippen molar-refractivity contribution in [1.82, 2.24) is 9.21 Å². The number of hydrogen-bond acceptors (Lipinski definition) is 4. The molecular formula is C28H34F2N2O4S. The molecule has 37 heavy (non-hydrogen) atoms. The van der Waals surface area contributed by atoms with Gasteiger partial charge in [-0.1, -0.05) is 30.3 Å². The fourth-order valence-corrected chi connectivity index (χ4v) is 8.32. The van der Waals surface area contributed by atoms with Gasteiger partial charge in [-0.15, -0.1) is 0 Å². The summed E-state index contributed by atoms with van der Waals surface area (Å²) in [5, 5.41) is -0.722. The smallest absolute Gasteiger partial charge is 0.233 e. The number of halogens is 2. The summed E-state index contributed by atoms with van der Waals surface area (Å²) in [6.45, 7) is 3.38. The van der Waals surface area contributed by atoms with Gasteiger partial charge in [-0.25, -0.2) is 17.2 Å². The minimum atomic E-state index is -3.79. The van der Waals surface area contributed by atoms with Crippen molar-refractivity contribution in [3.8, 4) is 0 Å². The zero-order chi connectivity index (χ0) is 26.2. The van der Waals surface area contributed by atoms with Crippen LogP contribution in [0.25, 0.3) is 0 Å². The molecule has 9 heteroatoms. The van der Waals surface area contributed by atoms with Gasteiger partial charge in [-0.05, 0) is 63.1 Å². The molecule has 2 aromatic carbocycles. The van der Waals surface area contributed by atoms with E-state index in [1.807, 2.05) is 6.07 Å². The van der Waals surface area contributed by atoms with Gasteiger partial charge >= 0.3 is 0 Å². The van der Waals surface area contributed by atoms with Crippen molar-refractivity contribution in [2.75, 3.05) is 26.3 Å². The van der Waals surface area contributed by atoms with Crippen LogP contribution in [-0.4, -0.2) is 55.9 Å². The highest BCUT2D eigenvalue weighted by atomic mass is 32.2. The van der Waals surface area contributed by atoms with Crippen LogP contribution >= 0.6 is 0 Å². The molecule has 6 nitrogen and oxygen atoms in total. The monoisotopic (exact) mass is 532 g/mol. The van der Waals surface area contributed by atoms with E-state index >= 15 is 8.78 Å². The SMILES string of the molecule is C[C@H]1CC[C@H](c2ccccc2)S(=O)(=O)N1Cc1cc(F)c(C2(C(=O)N3CCCC3)CCOCC2)cc1F. The molecule has 0 aromatic heterocycles. The fraction of sp³-hybridized carbons (Fsp3) is 0.536. The highest BCUT2D eigenvalue weighted by Gasteiger charge is 2.47. The molecule has 1 amide bonds. The number of hydrogen-bond donors (Lipinski definition) is 0. The van der Waals surface area contributed by atoms with Crippen LogP contribution in [-0.2, 0) is 31.5 Å². The summed E-state index contributed by atoms with van der Waals surface area (Å²) in [6.07, 6.45) is 3.47. The lowest BCUT2D eigenvalue weighted by molar-refractivity contribution is -0.140. The predicted molar refractivity (Wildman–Crippen MR) is 136 cm³/mol. The Kier molecular flexibility index (Phi) is 7.40. The molecule has 0 saturated carbocycles. The van der Waals surface area contributed by atoms with Gasteiger partial charge in [0.05, 0.1) is 5.41 Å². The van der Waals surface area contributed by atoms with Gasteiger partial charge in [0.1, 0.15) is 16.9 Å². The molecule has 0 unspecified atom stereocenters. The number of sulfonamides is 1. The molecule has 3 heterocycles. The van der Waals surface area contributed by atoms with Crippen LogP contribution in [0.2, 0.25) is 0 Å². The maximum absolute atomic E-state index is 15.7. The second-order valence-electron chi connectivity index (χ2n) is 10.5. The lowest BCUT2D eigenvalue weighted by Gasteiger charge is -2.39. The van der Waals surface area contributed by atoms with Crippen molar-refractivity contribution >= 4 is 15.9 Å². The van der Waals surface area contributed by atoms with Crippen molar-refractivity contribution in [3.63, 3.8) is 0 Å². The molecule has 0 aliphatic carbocycles. The molecule has 3 aliphatic rings. The summed E-state index contributed by atoms with van der Waals surface area (Å²) >= 11 is 0. The molecule has 3 fully saturated rings. The maximum Gasteiger partial charge on any atom is 0.233 e. The van der Waals surface area contributed by atoms with Crippen molar-refractivity contribution in [3.05, 3.63) is 70.8 Å². The zero-order valence-electron chi connectivity index (χ0n) is 21.2. The molecule has 3 aliphatic heterocycles. The zero-order valence-corrected chi connectivity index (χ0v) is 22.0. The first kappa shape index (κ1) is 26.3. The van der Waals surface area contributed by atoms with Gasteiger partial charge < -0.3 is 9.64 Å². The average molecular weight is 533 g/mol. The van der Waals surface area contributed by atoms with Crippen LogP contribution in [0.1, 0.15) is 67.4 Å². The number of amides is 1. The first-order valence-electron chi connectivity index (χ1n) is 13.2. The second-order valence-corrected chi connectivity index (χ2v) is 12.6. The van der Waals surface area contributed by atoms with Crippen LogP contribution in [0.3, 0.4) is 0 Å². The van der Waals surface area contributed by atoms with Crippen molar-refractivity contribution in [2.45, 2.75) is 68.7 Å². The minimum Gasteiger partial charge on any atom is -0.381 e. The van der Waals surface area contributed by atoms with Gasteiger partial charge in [0.2, 0.25) is 15.9 Å². The molecule has 0 radical (unpaired) electrons. The van der Waals surface area contributed by atoms with Crippen molar-refractivity contribution in [2.24, 2.45) is 0 Å². The van der Waals surface area contributed by atoms with E-state index in [2.05, 4.69) is 0 Å². The number of nitrogens with zero attached hydrogens (tertiary/aromatic N) is 2. The van der Waals surface area contributed by atoms with Gasteiger partial charge in [-0.3, -0.25) is 4.79 Å². The van der Waals surface area contributed by atoms with Crippen LogP contribution in [0.15, 0.2) is 42.5 Å². The van der Waals surface area contributed by atoms with Crippen LogP contribution in [0.4, 0.5) is 8.78 Å². The number of ether oxygens (including phenoxy) is 1. The van der Waals surface area contributed by atoms with Gasteiger partial charge in [0, 0.05) is 50.0 Å². The fourth-order valence-electron chi connectivity index (χ4n) is 6.14. The largest absolute Gasteiger partial charge is 0.381 e. The molecule has 0 spiro atoms. The molecule has 0 N–H and O–H groups in total. The number of benzene rings is 2. The summed E-state index contributed by atoms with van der Waals surface area (Å²) < 4.78 is 65.3. The topological polar surface area (TPSA) is 66.9 Å². The molecular weight excluding hydrogens is 498 g/mol. The lowest BCUT2D eigenvalue weighted by atomic mass is 9.72. The Labute approximate surface area is 217 Å². The maximum atomic E-state index is 15.7. The van der Waals surface area contributed by atoms with E-state index in [0.29, 0.717) is 44.7 Å². The van der Waals surface area contributed by atoms with Crippen LogP contribution in [0.5, 0.6) is 0 Å². The number of likely N-dealkylation sites (tertiary alicyclic amines) is 1. The quantitative estimate of drug-likeness (QED) is 0.561. The van der Waals surface area contributed by atoms with Gasteiger partial charge in [0.15, 0.2) is 0 Å². The van der Waals surface area contributed by atoms with E-state index in [-0.39, 0.29) is 42.5 Å². The Morgan fingerprint density at radius 1 is 1.03 bits per heavy atom. The van der Waals surface area contributed by atoms with E-state index in [0.717, 1.165) is 25.0 Å². The first-order valence-corrected chi connectivity index (χ1v) is 14.7. The standard InChI is InChI=1S/C28H34F2N2O4S/c1-20-9-10-26(21-7-3-2-4-8-21)37(34,35)32(20)19-22-17-25(30)23(18-24(22)29)28(11-15-36-16-12-28)27(33)31-13-5-6-14-31/h2-4,7-8,17-18,20,26H,5-6,9-16,19H2,1H3/t20-,26+/m0/s1. The third-order valence-electron chi connectivity index (χ3n) is 8.32. The van der Waals surface area contributed by atoms with Crippen molar-refractivity contribution in [1.29, 1.82) is 0 Å². The Balaban J connectivity index is 1.47. The van der Waals surface area contributed by atoms with Gasteiger partial charge in [0.25, 0.3) is 0 Å². The van der Waals surface area contributed by atoms with Gasteiger partial charge in [-0.2, -0.15) is 4.31 Å². The Hall–Kier alpha value is -2.36. The van der Waals surface area contributed by atoms with E-state index in [1.165, 1.54) is 4.31 Å². The number of carbonyl (C=O) groups is 1. The summed E-state index contributed by atoms with van der Waals surface area (Å²) in [7, 11) is -3.79. The third kappa shape index (κ3) is 4.81. The van der Waals surface area contributed by atoms with Crippen molar-refractivity contribution < 1.29 is 26.7 Å². The van der Waals surface area contributed by atoms with E-state index in [9.17, 15) is 13.2 Å². The number of carbonyl (C=O) groups excluding carboxylic acids is 1. The molecule has 3 saturated heterocycles. The molecule has 2 atom stereocenters.